The highest BCUT2D eigenvalue weighted by Crippen LogP contribution is 2.17. The molecule has 0 saturated heterocycles. The van der Waals surface area contributed by atoms with Crippen LogP contribution >= 0.6 is 0 Å². The Morgan fingerprint density at radius 1 is 1.53 bits per heavy atom. The van der Waals surface area contributed by atoms with Crippen molar-refractivity contribution in [3.05, 3.63) is 0 Å². The van der Waals surface area contributed by atoms with Crippen molar-refractivity contribution < 1.29 is 8.42 Å². The van der Waals surface area contributed by atoms with Gasteiger partial charge < -0.3 is 11.1 Å². The van der Waals surface area contributed by atoms with E-state index < -0.39 is 10.0 Å². The monoisotopic (exact) mass is 234 g/mol. The van der Waals surface area contributed by atoms with Crippen LogP contribution in [0.4, 0.5) is 0 Å². The second-order valence-electron chi connectivity index (χ2n) is 3.48. The third-order valence-corrected chi connectivity index (χ3v) is 3.43. The number of rotatable bonds is 6. The van der Waals surface area contributed by atoms with Gasteiger partial charge >= 0.3 is 0 Å². The highest BCUT2D eigenvalue weighted by Gasteiger charge is 2.21. The van der Waals surface area contributed by atoms with Crippen LogP contribution in [0.5, 0.6) is 0 Å². The van der Waals surface area contributed by atoms with Gasteiger partial charge in [0, 0.05) is 12.6 Å². The zero-order valence-electron chi connectivity index (χ0n) is 8.86. The minimum Gasteiger partial charge on any atom is -0.370 e. The fourth-order valence-electron chi connectivity index (χ4n) is 0.962. The minimum atomic E-state index is -3.11. The number of aliphatic imine (C=N–C) groups is 1. The fraction of sp³-hybridized carbons (Fsp3) is 0.875. The van der Waals surface area contributed by atoms with E-state index in [1.807, 2.05) is 0 Å². The summed E-state index contributed by atoms with van der Waals surface area (Å²) >= 11 is 0. The largest absolute Gasteiger partial charge is 0.370 e. The Hall–Kier alpha value is -0.820. The van der Waals surface area contributed by atoms with Crippen LogP contribution in [0.1, 0.15) is 19.8 Å². The van der Waals surface area contributed by atoms with Gasteiger partial charge in [-0.15, -0.1) is 0 Å². The van der Waals surface area contributed by atoms with Gasteiger partial charge in [0.05, 0.1) is 12.3 Å². The van der Waals surface area contributed by atoms with Gasteiger partial charge in [0.25, 0.3) is 0 Å². The van der Waals surface area contributed by atoms with Crippen LogP contribution in [0.25, 0.3) is 0 Å². The third kappa shape index (κ3) is 5.58. The predicted octanol–water partition coefficient (Wildman–Crippen LogP) is -1.01. The van der Waals surface area contributed by atoms with Crippen molar-refractivity contribution in [2.45, 2.75) is 25.8 Å². The van der Waals surface area contributed by atoms with Crippen LogP contribution in [0, 0.1) is 0 Å². The number of nitrogens with two attached hydrogens (primary N) is 1. The van der Waals surface area contributed by atoms with Crippen molar-refractivity contribution in [2.24, 2.45) is 10.7 Å². The van der Waals surface area contributed by atoms with Gasteiger partial charge in [0.15, 0.2) is 5.96 Å². The Labute approximate surface area is 90.4 Å². The first-order chi connectivity index (χ1) is 7.03. The lowest BCUT2D eigenvalue weighted by atomic mass is 10.6. The molecule has 0 amide bonds. The molecule has 0 aliphatic heterocycles. The fourth-order valence-corrected chi connectivity index (χ4v) is 1.57. The molecule has 0 unspecified atom stereocenters. The Morgan fingerprint density at radius 3 is 2.73 bits per heavy atom. The Bertz CT molecular complexity index is 322. The van der Waals surface area contributed by atoms with Gasteiger partial charge in [-0.25, -0.2) is 13.1 Å². The second kappa shape index (κ2) is 5.32. The first-order valence-electron chi connectivity index (χ1n) is 5.07. The lowest BCUT2D eigenvalue weighted by molar-refractivity contribution is 0.583. The molecular weight excluding hydrogens is 216 g/mol. The van der Waals surface area contributed by atoms with E-state index in [-0.39, 0.29) is 5.75 Å². The summed E-state index contributed by atoms with van der Waals surface area (Å²) < 4.78 is 24.5. The van der Waals surface area contributed by atoms with Crippen LogP contribution in [0.3, 0.4) is 0 Å². The molecule has 0 bridgehead atoms. The summed E-state index contributed by atoms with van der Waals surface area (Å²) in [6, 6.07) is 0.473. The van der Waals surface area contributed by atoms with E-state index in [4.69, 9.17) is 5.73 Å². The van der Waals surface area contributed by atoms with Crippen molar-refractivity contribution >= 4 is 16.0 Å². The van der Waals surface area contributed by atoms with Crippen LogP contribution in [0.2, 0.25) is 0 Å². The zero-order chi connectivity index (χ0) is 11.3. The lowest BCUT2D eigenvalue weighted by Crippen LogP contribution is -2.34. The first-order valence-corrected chi connectivity index (χ1v) is 6.72. The maximum absolute atomic E-state index is 11.0. The van der Waals surface area contributed by atoms with Gasteiger partial charge in [-0.2, -0.15) is 0 Å². The molecule has 1 saturated carbocycles. The lowest BCUT2D eigenvalue weighted by Gasteiger charge is -2.04. The molecule has 15 heavy (non-hydrogen) atoms. The summed E-state index contributed by atoms with van der Waals surface area (Å²) in [7, 11) is -3.11. The molecule has 1 aliphatic carbocycles. The molecule has 0 radical (unpaired) electrons. The average Bonchev–Trinajstić information content (AvgIpc) is 2.96. The Morgan fingerprint density at radius 2 is 2.20 bits per heavy atom. The van der Waals surface area contributed by atoms with Crippen molar-refractivity contribution in [3.8, 4) is 0 Å². The molecule has 4 N–H and O–H groups in total. The van der Waals surface area contributed by atoms with E-state index in [0.717, 1.165) is 12.8 Å². The smallest absolute Gasteiger partial charge is 0.211 e. The summed E-state index contributed by atoms with van der Waals surface area (Å²) in [6.45, 7) is 2.25. The molecule has 0 atom stereocenters. The molecule has 1 rings (SSSR count). The maximum atomic E-state index is 11.0. The van der Waals surface area contributed by atoms with E-state index in [1.54, 1.807) is 6.92 Å². The molecule has 0 heterocycles. The molecule has 1 aliphatic rings. The van der Waals surface area contributed by atoms with Crippen molar-refractivity contribution in [2.75, 3.05) is 18.8 Å². The number of guanidine groups is 1. The number of nitrogens with zero attached hydrogens (tertiary/aromatic N) is 1. The summed E-state index contributed by atoms with van der Waals surface area (Å²) in [4.78, 5) is 4.00. The van der Waals surface area contributed by atoms with E-state index in [2.05, 4.69) is 15.0 Å². The molecule has 0 aromatic heterocycles. The molecule has 88 valence electrons. The Balaban J connectivity index is 2.14. The summed E-state index contributed by atoms with van der Waals surface area (Å²) in [6.07, 6.45) is 2.28. The van der Waals surface area contributed by atoms with Crippen LogP contribution in [-0.4, -0.2) is 39.3 Å². The normalized spacial score (nSPS) is 17.8. The molecular formula is C8H18N4O2S. The summed E-state index contributed by atoms with van der Waals surface area (Å²) in [5.41, 5.74) is 5.56. The maximum Gasteiger partial charge on any atom is 0.211 e. The molecule has 0 spiro atoms. The van der Waals surface area contributed by atoms with E-state index in [0.29, 0.717) is 25.1 Å². The predicted molar refractivity (Wildman–Crippen MR) is 60.1 cm³/mol. The van der Waals surface area contributed by atoms with Crippen LogP contribution < -0.4 is 15.8 Å². The molecule has 6 nitrogen and oxygen atoms in total. The summed E-state index contributed by atoms with van der Waals surface area (Å²) in [5.74, 6) is 0.486. The summed E-state index contributed by atoms with van der Waals surface area (Å²) in [5, 5.41) is 3.02. The van der Waals surface area contributed by atoms with E-state index >= 15 is 0 Å². The molecule has 7 heteroatoms. The standard InChI is InChI=1S/C8H18N4O2S/c1-2-15(13,14)11-6-5-10-8(9)12-7-3-4-7/h7,11H,2-6H2,1H3,(H3,9,10,12). The number of hydrogen-bond donors (Lipinski definition) is 3. The molecule has 0 aromatic rings. The van der Waals surface area contributed by atoms with Crippen LogP contribution in [-0.2, 0) is 10.0 Å². The number of sulfonamides is 1. The van der Waals surface area contributed by atoms with Gasteiger partial charge in [-0.3, -0.25) is 4.99 Å². The second-order valence-corrected chi connectivity index (χ2v) is 5.58. The number of nitrogens with one attached hydrogen (secondary N) is 2. The van der Waals surface area contributed by atoms with Crippen molar-refractivity contribution in [1.29, 1.82) is 0 Å². The highest BCUT2D eigenvalue weighted by atomic mass is 32.2. The van der Waals surface area contributed by atoms with Crippen molar-refractivity contribution in [1.82, 2.24) is 10.0 Å². The molecule has 0 aromatic carbocycles. The average molecular weight is 234 g/mol. The van der Waals surface area contributed by atoms with E-state index in [9.17, 15) is 8.42 Å². The molecule has 1 fully saturated rings. The van der Waals surface area contributed by atoms with Gasteiger partial charge in [0.1, 0.15) is 0 Å². The van der Waals surface area contributed by atoms with Gasteiger partial charge in [0.2, 0.25) is 10.0 Å². The van der Waals surface area contributed by atoms with Crippen LogP contribution in [0.15, 0.2) is 4.99 Å². The minimum absolute atomic E-state index is 0.0898. The third-order valence-electron chi connectivity index (χ3n) is 2.03. The zero-order valence-corrected chi connectivity index (χ0v) is 9.68. The quantitative estimate of drug-likeness (QED) is 0.312. The van der Waals surface area contributed by atoms with Gasteiger partial charge in [-0.1, -0.05) is 0 Å². The topological polar surface area (TPSA) is 96.6 Å². The highest BCUT2D eigenvalue weighted by molar-refractivity contribution is 7.89. The number of hydrogen-bond acceptors (Lipinski definition) is 3. The Kier molecular flexibility index (Phi) is 4.34. The first kappa shape index (κ1) is 12.3. The van der Waals surface area contributed by atoms with E-state index in [1.165, 1.54) is 0 Å². The van der Waals surface area contributed by atoms with Gasteiger partial charge in [-0.05, 0) is 19.8 Å². The SMILES string of the molecule is CCS(=O)(=O)NCCN=C(N)NC1CC1. The van der Waals surface area contributed by atoms with Crippen molar-refractivity contribution in [3.63, 3.8) is 0 Å².